The van der Waals surface area contributed by atoms with Crippen molar-refractivity contribution in [1.29, 1.82) is 0 Å². The van der Waals surface area contributed by atoms with E-state index in [1.165, 1.54) is 38.5 Å². The third kappa shape index (κ3) is 3.75. The number of benzene rings is 1. The molecule has 0 radical (unpaired) electrons. The Morgan fingerprint density at radius 3 is 2.31 bits per heavy atom. The predicted molar refractivity (Wildman–Crippen MR) is 112 cm³/mol. The number of nitrogens with one attached hydrogen (secondary N) is 1. The Morgan fingerprint density at radius 1 is 1.07 bits per heavy atom. The zero-order valence-corrected chi connectivity index (χ0v) is 17.3. The molecule has 154 valence electrons. The highest BCUT2D eigenvalue weighted by Crippen LogP contribution is 2.61. The normalized spacial score (nSPS) is 32.1. The minimum atomic E-state index is 0.00630. The first-order chi connectivity index (χ1) is 14.1. The van der Waals surface area contributed by atoms with E-state index in [0.717, 1.165) is 29.1 Å². The summed E-state index contributed by atoms with van der Waals surface area (Å²) in [6.07, 6.45) is 9.99. The molecule has 4 saturated carbocycles. The van der Waals surface area contributed by atoms with E-state index in [9.17, 15) is 4.79 Å². The van der Waals surface area contributed by atoms with Crippen molar-refractivity contribution in [3.05, 3.63) is 60.1 Å². The maximum Gasteiger partial charge on any atom is 0.275 e. The van der Waals surface area contributed by atoms with Crippen LogP contribution in [0.4, 0.5) is 0 Å². The van der Waals surface area contributed by atoms with E-state index >= 15 is 0 Å². The fourth-order valence-corrected chi connectivity index (χ4v) is 6.93. The van der Waals surface area contributed by atoms with Crippen LogP contribution in [-0.2, 0) is 4.79 Å². The lowest BCUT2D eigenvalue weighted by Gasteiger charge is -2.59. The highest BCUT2D eigenvalue weighted by atomic mass is 16.3. The first kappa shape index (κ1) is 18.9. The van der Waals surface area contributed by atoms with Crippen LogP contribution in [0.5, 0.6) is 0 Å². The molecule has 4 aliphatic carbocycles. The number of nitrogens with two attached hydrogens (primary N) is 1. The van der Waals surface area contributed by atoms with E-state index in [-0.39, 0.29) is 18.0 Å². The van der Waals surface area contributed by atoms with Gasteiger partial charge >= 0.3 is 0 Å². The minimum absolute atomic E-state index is 0.00630. The smallest absolute Gasteiger partial charge is 0.275 e. The van der Waals surface area contributed by atoms with Gasteiger partial charge in [0.25, 0.3) is 5.91 Å². The maximum absolute atomic E-state index is 12.9. The molecule has 29 heavy (non-hydrogen) atoms. The third-order valence-electron chi connectivity index (χ3n) is 7.93. The van der Waals surface area contributed by atoms with Gasteiger partial charge in [0.1, 0.15) is 0 Å². The van der Waals surface area contributed by atoms with Crippen molar-refractivity contribution >= 4 is 5.91 Å². The molecular weight excluding hydrogens is 360 g/mol. The molecule has 1 aromatic carbocycles. The van der Waals surface area contributed by atoms with Crippen LogP contribution in [0.15, 0.2) is 53.1 Å². The van der Waals surface area contributed by atoms with Gasteiger partial charge in [-0.2, -0.15) is 0 Å². The molecule has 0 aliphatic heterocycles. The Hall–Kier alpha value is -2.07. The van der Waals surface area contributed by atoms with Crippen LogP contribution in [-0.4, -0.2) is 18.5 Å². The number of rotatable bonds is 7. The van der Waals surface area contributed by atoms with E-state index in [1.54, 1.807) is 6.26 Å². The molecule has 3 N–H and O–H groups in total. The van der Waals surface area contributed by atoms with Gasteiger partial charge in [-0.3, -0.25) is 4.79 Å². The number of carbonyl (C=O) groups excluding carboxylic acids is 1. The van der Waals surface area contributed by atoms with Crippen LogP contribution in [0.2, 0.25) is 0 Å². The van der Waals surface area contributed by atoms with Gasteiger partial charge < -0.3 is 15.1 Å². The predicted octanol–water partition coefficient (Wildman–Crippen LogP) is 3.65. The van der Waals surface area contributed by atoms with E-state index in [4.69, 9.17) is 4.42 Å². The lowest BCUT2D eigenvalue weighted by Crippen LogP contribution is -2.88. The number of carbonyl (C=O) groups is 1. The van der Waals surface area contributed by atoms with E-state index < -0.39 is 0 Å². The number of hydrogen-bond donors (Lipinski definition) is 2. The molecule has 4 nitrogen and oxygen atoms in total. The van der Waals surface area contributed by atoms with Gasteiger partial charge in [-0.25, -0.2) is 0 Å². The molecule has 1 aromatic heterocycles. The van der Waals surface area contributed by atoms with Crippen molar-refractivity contribution in [2.45, 2.75) is 57.5 Å². The largest absolute Gasteiger partial charge is 0.463 e. The van der Waals surface area contributed by atoms with Crippen molar-refractivity contribution in [1.82, 2.24) is 5.32 Å². The van der Waals surface area contributed by atoms with Crippen molar-refractivity contribution in [2.24, 2.45) is 23.2 Å². The van der Waals surface area contributed by atoms with Gasteiger partial charge in [0.15, 0.2) is 18.3 Å². The summed E-state index contributed by atoms with van der Waals surface area (Å²) >= 11 is 0. The Balaban J connectivity index is 1.22. The molecule has 4 bridgehead atoms. The monoisotopic (exact) mass is 393 g/mol. The first-order valence-corrected chi connectivity index (χ1v) is 11.3. The molecule has 1 heterocycles. The molecule has 6 rings (SSSR count). The Bertz CT molecular complexity index is 794. The SMILES string of the molecule is C[C@@H](NC(=O)C[NH2+][C@H](c1ccccc1)c1ccco1)C12CC3CC(CC(C3)C1)C2. The van der Waals surface area contributed by atoms with Crippen molar-refractivity contribution in [3.63, 3.8) is 0 Å². The summed E-state index contributed by atoms with van der Waals surface area (Å²) in [5.41, 5.74) is 1.51. The molecular formula is C25H33N2O2+. The average Bonchev–Trinajstić information content (AvgIpc) is 3.22. The maximum atomic E-state index is 12.9. The first-order valence-electron chi connectivity index (χ1n) is 11.3. The Kier molecular flexibility index (Phi) is 4.99. The summed E-state index contributed by atoms with van der Waals surface area (Å²) < 4.78 is 5.67. The highest BCUT2D eigenvalue weighted by Gasteiger charge is 2.53. The average molecular weight is 394 g/mol. The van der Waals surface area contributed by atoms with Gasteiger partial charge in [-0.05, 0) is 80.8 Å². The number of furan rings is 1. The summed E-state index contributed by atoms with van der Waals surface area (Å²) in [6.45, 7) is 2.67. The summed E-state index contributed by atoms with van der Waals surface area (Å²) in [6, 6.07) is 14.5. The highest BCUT2D eigenvalue weighted by molar-refractivity contribution is 5.77. The molecule has 0 saturated heterocycles. The zero-order chi connectivity index (χ0) is 19.8. The fraction of sp³-hybridized carbons (Fsp3) is 0.560. The lowest BCUT2D eigenvalue weighted by molar-refractivity contribution is -0.678. The molecule has 1 amide bonds. The topological polar surface area (TPSA) is 58.9 Å². The van der Waals surface area contributed by atoms with Crippen LogP contribution in [0.3, 0.4) is 0 Å². The molecule has 4 aliphatic rings. The van der Waals surface area contributed by atoms with Crippen molar-refractivity contribution in [2.75, 3.05) is 6.54 Å². The molecule has 0 unspecified atom stereocenters. The van der Waals surface area contributed by atoms with Crippen molar-refractivity contribution < 1.29 is 14.5 Å². The minimum Gasteiger partial charge on any atom is -0.463 e. The van der Waals surface area contributed by atoms with E-state index in [2.05, 4.69) is 29.7 Å². The lowest BCUT2D eigenvalue weighted by atomic mass is 9.48. The quantitative estimate of drug-likeness (QED) is 0.754. The molecule has 4 fully saturated rings. The summed E-state index contributed by atoms with van der Waals surface area (Å²) in [5, 5.41) is 5.48. The second-order valence-corrected chi connectivity index (χ2v) is 9.91. The number of quaternary nitrogens is 1. The second-order valence-electron chi connectivity index (χ2n) is 9.91. The Labute approximate surface area is 173 Å². The van der Waals surface area contributed by atoms with E-state index in [1.807, 2.05) is 30.3 Å². The summed E-state index contributed by atoms with van der Waals surface area (Å²) in [7, 11) is 0. The van der Waals surface area contributed by atoms with E-state index in [0.29, 0.717) is 12.0 Å². The molecule has 2 atom stereocenters. The molecule has 2 aromatic rings. The van der Waals surface area contributed by atoms with Gasteiger partial charge in [0.2, 0.25) is 0 Å². The third-order valence-corrected chi connectivity index (χ3v) is 7.93. The second kappa shape index (κ2) is 7.64. The zero-order valence-electron chi connectivity index (χ0n) is 17.3. The van der Waals surface area contributed by atoms with Crippen LogP contribution in [0.25, 0.3) is 0 Å². The summed E-state index contributed by atoms with van der Waals surface area (Å²) in [5.74, 6) is 3.76. The van der Waals surface area contributed by atoms with Gasteiger partial charge in [-0.15, -0.1) is 0 Å². The van der Waals surface area contributed by atoms with Crippen LogP contribution in [0.1, 0.15) is 62.8 Å². The van der Waals surface area contributed by atoms with Crippen LogP contribution >= 0.6 is 0 Å². The number of hydrogen-bond acceptors (Lipinski definition) is 2. The standard InChI is InChI=1S/C25H32N2O2/c1-17(25-13-18-10-19(14-25)12-20(11-18)15-25)27-23(28)16-26-24(22-8-5-9-29-22)21-6-3-2-4-7-21/h2-9,17-20,24,26H,10-16H2,1H3,(H,27,28)/p+1/t17-,18?,19?,20?,24-,25?/m1/s1. The fourth-order valence-electron chi connectivity index (χ4n) is 6.93. The van der Waals surface area contributed by atoms with Gasteiger partial charge in [0.05, 0.1) is 6.26 Å². The van der Waals surface area contributed by atoms with Crippen molar-refractivity contribution in [3.8, 4) is 0 Å². The molecule has 4 heteroatoms. The Morgan fingerprint density at radius 2 is 1.72 bits per heavy atom. The van der Waals surface area contributed by atoms with Gasteiger partial charge in [-0.1, -0.05) is 30.3 Å². The number of amides is 1. The van der Waals surface area contributed by atoms with Gasteiger partial charge in [0, 0.05) is 11.6 Å². The summed E-state index contributed by atoms with van der Waals surface area (Å²) in [4.78, 5) is 12.9. The van der Waals surface area contributed by atoms with Crippen LogP contribution < -0.4 is 10.6 Å². The molecule has 0 spiro atoms. The van der Waals surface area contributed by atoms with Crippen LogP contribution in [0, 0.1) is 23.2 Å².